The van der Waals surface area contributed by atoms with E-state index in [4.69, 9.17) is 9.47 Å². The zero-order chi connectivity index (χ0) is 17.2. The van der Waals surface area contributed by atoms with Gasteiger partial charge in [0, 0.05) is 5.69 Å². The minimum atomic E-state index is -0.389. The van der Waals surface area contributed by atoms with Crippen molar-refractivity contribution < 1.29 is 19.1 Å². The fourth-order valence-electron chi connectivity index (χ4n) is 2.00. The van der Waals surface area contributed by atoms with Gasteiger partial charge in [-0.1, -0.05) is 31.2 Å². The number of amides is 1. The molecule has 1 amide bonds. The van der Waals surface area contributed by atoms with Crippen LogP contribution in [-0.4, -0.2) is 25.1 Å². The van der Waals surface area contributed by atoms with E-state index >= 15 is 0 Å². The Morgan fingerprint density at radius 2 is 1.79 bits per heavy atom. The van der Waals surface area contributed by atoms with Crippen LogP contribution in [0.2, 0.25) is 0 Å². The van der Waals surface area contributed by atoms with Crippen LogP contribution in [0.25, 0.3) is 0 Å². The minimum absolute atomic E-state index is 0.176. The van der Waals surface area contributed by atoms with E-state index in [1.165, 1.54) is 0 Å². The topological polar surface area (TPSA) is 64.6 Å². The lowest BCUT2D eigenvalue weighted by Gasteiger charge is -2.08. The summed E-state index contributed by atoms with van der Waals surface area (Å²) in [5.41, 5.74) is 0.979. The first kappa shape index (κ1) is 17.5. The van der Waals surface area contributed by atoms with E-state index in [1.54, 1.807) is 24.3 Å². The molecule has 2 rings (SSSR count). The monoisotopic (exact) mass is 327 g/mol. The summed E-state index contributed by atoms with van der Waals surface area (Å²) in [4.78, 5) is 23.8. The molecular weight excluding hydrogens is 306 g/mol. The Hall–Kier alpha value is -2.82. The van der Waals surface area contributed by atoms with Crippen LogP contribution in [0.1, 0.15) is 30.1 Å². The molecule has 0 saturated carbocycles. The number of ether oxygens (including phenoxy) is 2. The summed E-state index contributed by atoms with van der Waals surface area (Å²) in [5, 5.41) is 2.75. The number of benzene rings is 2. The molecular formula is C19H21NO4. The molecule has 0 bridgehead atoms. The van der Waals surface area contributed by atoms with Crippen molar-refractivity contribution >= 4 is 17.6 Å². The first-order valence-electron chi connectivity index (χ1n) is 7.94. The van der Waals surface area contributed by atoms with Crippen LogP contribution in [-0.2, 0) is 9.53 Å². The van der Waals surface area contributed by atoms with Crippen LogP contribution < -0.4 is 10.1 Å². The van der Waals surface area contributed by atoms with Gasteiger partial charge >= 0.3 is 5.97 Å². The molecule has 0 aromatic heterocycles. The maximum absolute atomic E-state index is 11.9. The highest BCUT2D eigenvalue weighted by Gasteiger charge is 2.09. The fourth-order valence-corrected chi connectivity index (χ4v) is 2.00. The lowest BCUT2D eigenvalue weighted by molar-refractivity contribution is -0.116. The number of rotatable bonds is 8. The predicted molar refractivity (Wildman–Crippen MR) is 92.2 cm³/mol. The van der Waals surface area contributed by atoms with Gasteiger partial charge in [0.15, 0.2) is 0 Å². The molecule has 5 nitrogen and oxygen atoms in total. The summed E-state index contributed by atoms with van der Waals surface area (Å²) in [6.07, 6.45) is 0.989. The molecule has 2 aromatic carbocycles. The van der Waals surface area contributed by atoms with Gasteiger partial charge in [0.25, 0.3) is 0 Å². The van der Waals surface area contributed by atoms with Crippen LogP contribution in [0.15, 0.2) is 54.6 Å². The van der Waals surface area contributed by atoms with Crippen molar-refractivity contribution in [3.8, 4) is 5.75 Å². The summed E-state index contributed by atoms with van der Waals surface area (Å²) >= 11 is 0. The summed E-state index contributed by atoms with van der Waals surface area (Å²) in [7, 11) is 0. The molecule has 0 aliphatic rings. The second-order valence-corrected chi connectivity index (χ2v) is 5.18. The van der Waals surface area contributed by atoms with Crippen molar-refractivity contribution in [3.63, 3.8) is 0 Å². The molecule has 126 valence electrons. The van der Waals surface area contributed by atoms with E-state index < -0.39 is 0 Å². The number of nitrogens with one attached hydrogen (secondary N) is 1. The average molecular weight is 327 g/mol. The highest BCUT2D eigenvalue weighted by molar-refractivity contribution is 5.94. The van der Waals surface area contributed by atoms with Crippen molar-refractivity contribution in [1.29, 1.82) is 0 Å². The Kier molecular flexibility index (Phi) is 6.83. The molecule has 0 saturated heterocycles. The van der Waals surface area contributed by atoms with Gasteiger partial charge in [-0.2, -0.15) is 0 Å². The average Bonchev–Trinajstić information content (AvgIpc) is 2.61. The van der Waals surface area contributed by atoms with Crippen molar-refractivity contribution in [3.05, 3.63) is 60.2 Å². The molecule has 2 aromatic rings. The lowest BCUT2D eigenvalue weighted by Crippen LogP contribution is -2.15. The third-order valence-electron chi connectivity index (χ3n) is 3.16. The molecule has 24 heavy (non-hydrogen) atoms. The third-order valence-corrected chi connectivity index (χ3v) is 3.16. The quantitative estimate of drug-likeness (QED) is 0.752. The van der Waals surface area contributed by atoms with Crippen LogP contribution in [0.4, 0.5) is 5.69 Å². The van der Waals surface area contributed by atoms with Gasteiger partial charge in [0.05, 0.1) is 25.2 Å². The molecule has 0 radical (unpaired) electrons. The molecule has 0 heterocycles. The summed E-state index contributed by atoms with van der Waals surface area (Å²) in [6.45, 7) is 2.60. The molecule has 0 aliphatic heterocycles. The maximum Gasteiger partial charge on any atom is 0.338 e. The SMILES string of the molecule is CCCOC(=O)c1cccc(NC(=O)CCOc2ccccc2)c1. The normalized spacial score (nSPS) is 10.0. The Bertz CT molecular complexity index is 670. The van der Waals surface area contributed by atoms with Crippen molar-refractivity contribution in [2.75, 3.05) is 18.5 Å². The number of para-hydroxylation sites is 1. The Labute approximate surface area is 141 Å². The summed E-state index contributed by atoms with van der Waals surface area (Å²) < 4.78 is 10.6. The van der Waals surface area contributed by atoms with Gasteiger partial charge in [-0.05, 0) is 36.8 Å². The third kappa shape index (κ3) is 5.76. The number of anilines is 1. The second kappa shape index (κ2) is 9.35. The van der Waals surface area contributed by atoms with Gasteiger partial charge in [0.2, 0.25) is 5.91 Å². The van der Waals surface area contributed by atoms with Crippen molar-refractivity contribution in [2.24, 2.45) is 0 Å². The summed E-state index contributed by atoms with van der Waals surface area (Å²) in [5.74, 6) is 0.163. The maximum atomic E-state index is 11.9. The van der Waals surface area contributed by atoms with Gasteiger partial charge in [-0.3, -0.25) is 4.79 Å². The van der Waals surface area contributed by atoms with Crippen LogP contribution in [0, 0.1) is 0 Å². The first-order chi connectivity index (χ1) is 11.7. The Balaban J connectivity index is 1.82. The molecule has 0 spiro atoms. The van der Waals surface area contributed by atoms with Gasteiger partial charge in [-0.25, -0.2) is 4.79 Å². The van der Waals surface area contributed by atoms with Crippen LogP contribution in [0.3, 0.4) is 0 Å². The number of hydrogen-bond donors (Lipinski definition) is 1. The van der Waals surface area contributed by atoms with Gasteiger partial charge < -0.3 is 14.8 Å². The fraction of sp³-hybridized carbons (Fsp3) is 0.263. The van der Waals surface area contributed by atoms with E-state index in [9.17, 15) is 9.59 Å². The number of esters is 1. The highest BCUT2D eigenvalue weighted by Crippen LogP contribution is 2.13. The lowest BCUT2D eigenvalue weighted by atomic mass is 10.2. The van der Waals surface area contributed by atoms with E-state index in [2.05, 4.69) is 5.32 Å². The molecule has 1 N–H and O–H groups in total. The standard InChI is InChI=1S/C19H21NO4/c1-2-12-24-19(22)15-7-6-8-16(14-15)20-18(21)11-13-23-17-9-4-3-5-10-17/h3-10,14H,2,11-13H2,1H3,(H,20,21). The van der Waals surface area contributed by atoms with Crippen LogP contribution in [0.5, 0.6) is 5.75 Å². The first-order valence-corrected chi connectivity index (χ1v) is 7.94. The highest BCUT2D eigenvalue weighted by atomic mass is 16.5. The van der Waals surface area contributed by atoms with Gasteiger partial charge in [-0.15, -0.1) is 0 Å². The molecule has 0 atom stereocenters. The molecule has 0 unspecified atom stereocenters. The van der Waals surface area contributed by atoms with E-state index in [0.29, 0.717) is 17.9 Å². The van der Waals surface area contributed by atoms with Gasteiger partial charge in [0.1, 0.15) is 5.75 Å². The Morgan fingerprint density at radius 1 is 1.00 bits per heavy atom. The van der Waals surface area contributed by atoms with E-state index in [0.717, 1.165) is 12.2 Å². The van der Waals surface area contributed by atoms with Crippen molar-refractivity contribution in [2.45, 2.75) is 19.8 Å². The van der Waals surface area contributed by atoms with E-state index in [-0.39, 0.29) is 24.9 Å². The molecule has 5 heteroatoms. The molecule has 0 fully saturated rings. The largest absolute Gasteiger partial charge is 0.493 e. The zero-order valence-corrected chi connectivity index (χ0v) is 13.7. The smallest absolute Gasteiger partial charge is 0.338 e. The number of carbonyl (C=O) groups excluding carboxylic acids is 2. The number of hydrogen-bond acceptors (Lipinski definition) is 4. The second-order valence-electron chi connectivity index (χ2n) is 5.18. The minimum Gasteiger partial charge on any atom is -0.493 e. The predicted octanol–water partition coefficient (Wildman–Crippen LogP) is 3.66. The van der Waals surface area contributed by atoms with Crippen LogP contribution >= 0.6 is 0 Å². The molecule has 0 aliphatic carbocycles. The zero-order valence-electron chi connectivity index (χ0n) is 13.7. The number of carbonyl (C=O) groups is 2. The van der Waals surface area contributed by atoms with E-state index in [1.807, 2.05) is 37.3 Å². The summed E-state index contributed by atoms with van der Waals surface area (Å²) in [6, 6.07) is 16.0. The Morgan fingerprint density at radius 3 is 2.54 bits per heavy atom. The van der Waals surface area contributed by atoms with Crippen molar-refractivity contribution in [1.82, 2.24) is 0 Å².